The van der Waals surface area contributed by atoms with Gasteiger partial charge in [-0.3, -0.25) is 0 Å². The summed E-state index contributed by atoms with van der Waals surface area (Å²) in [4.78, 5) is 0. The maximum atomic E-state index is 12.0. The molecular weight excluding hydrogens is 204 g/mol. The fourth-order valence-electron chi connectivity index (χ4n) is 1.50. The first kappa shape index (κ1) is 11.9. The standard InChI is InChI=1S/C8H18N2O3S/c1-8(2)7-9-3-4-10(5-6-11)14(8,12)13/h9,11H,3-7H2,1-2H3. The molecule has 0 radical (unpaired) electrons. The Hall–Kier alpha value is -0.170. The second-order valence-electron chi connectivity index (χ2n) is 4.06. The van der Waals surface area contributed by atoms with Crippen molar-refractivity contribution in [3.8, 4) is 0 Å². The van der Waals surface area contributed by atoms with Crippen molar-refractivity contribution < 1.29 is 13.5 Å². The number of aliphatic hydroxyl groups excluding tert-OH is 1. The Morgan fingerprint density at radius 1 is 1.50 bits per heavy atom. The first-order chi connectivity index (χ1) is 6.42. The second kappa shape index (κ2) is 4.14. The Kier molecular flexibility index (Phi) is 3.52. The monoisotopic (exact) mass is 222 g/mol. The van der Waals surface area contributed by atoms with Crippen molar-refractivity contribution in [3.05, 3.63) is 0 Å². The van der Waals surface area contributed by atoms with E-state index in [0.29, 0.717) is 19.6 Å². The Morgan fingerprint density at radius 2 is 2.14 bits per heavy atom. The van der Waals surface area contributed by atoms with Crippen LogP contribution in [0.2, 0.25) is 0 Å². The normalized spacial score (nSPS) is 27.1. The van der Waals surface area contributed by atoms with Gasteiger partial charge in [0.2, 0.25) is 10.0 Å². The summed E-state index contributed by atoms with van der Waals surface area (Å²) in [6, 6.07) is 0. The van der Waals surface area contributed by atoms with Crippen LogP contribution in [-0.2, 0) is 10.0 Å². The number of nitrogens with one attached hydrogen (secondary N) is 1. The third kappa shape index (κ3) is 2.08. The van der Waals surface area contributed by atoms with E-state index in [-0.39, 0.29) is 13.2 Å². The van der Waals surface area contributed by atoms with Crippen molar-refractivity contribution in [1.29, 1.82) is 0 Å². The van der Waals surface area contributed by atoms with E-state index in [1.807, 2.05) is 0 Å². The van der Waals surface area contributed by atoms with Crippen molar-refractivity contribution in [2.45, 2.75) is 18.6 Å². The first-order valence-corrected chi connectivity index (χ1v) is 6.17. The molecule has 14 heavy (non-hydrogen) atoms. The van der Waals surface area contributed by atoms with E-state index in [0.717, 1.165) is 0 Å². The minimum Gasteiger partial charge on any atom is -0.395 e. The third-order valence-electron chi connectivity index (χ3n) is 2.48. The predicted octanol–water partition coefficient (Wildman–Crippen LogP) is -1.01. The Morgan fingerprint density at radius 3 is 2.71 bits per heavy atom. The highest BCUT2D eigenvalue weighted by Gasteiger charge is 2.40. The van der Waals surface area contributed by atoms with Gasteiger partial charge >= 0.3 is 0 Å². The minimum absolute atomic E-state index is 0.130. The van der Waals surface area contributed by atoms with Crippen LogP contribution >= 0.6 is 0 Å². The quantitative estimate of drug-likeness (QED) is 0.628. The molecule has 5 nitrogen and oxygen atoms in total. The average molecular weight is 222 g/mol. The van der Waals surface area contributed by atoms with Crippen molar-refractivity contribution in [1.82, 2.24) is 9.62 Å². The van der Waals surface area contributed by atoms with Crippen LogP contribution in [0.5, 0.6) is 0 Å². The van der Waals surface area contributed by atoms with Crippen LogP contribution in [0.3, 0.4) is 0 Å². The molecule has 2 N–H and O–H groups in total. The summed E-state index contributed by atoms with van der Waals surface area (Å²) in [5, 5.41) is 11.9. The van der Waals surface area contributed by atoms with Gasteiger partial charge in [-0.25, -0.2) is 8.42 Å². The highest BCUT2D eigenvalue weighted by Crippen LogP contribution is 2.21. The van der Waals surface area contributed by atoms with Crippen molar-refractivity contribution in [3.63, 3.8) is 0 Å². The van der Waals surface area contributed by atoms with Crippen molar-refractivity contribution in [2.75, 3.05) is 32.8 Å². The molecule has 0 amide bonds. The summed E-state index contributed by atoms with van der Waals surface area (Å²) in [6.45, 7) is 4.99. The van der Waals surface area contributed by atoms with E-state index in [9.17, 15) is 8.42 Å². The largest absolute Gasteiger partial charge is 0.395 e. The number of hydrogen-bond acceptors (Lipinski definition) is 4. The van der Waals surface area contributed by atoms with Gasteiger partial charge in [0.05, 0.1) is 11.4 Å². The third-order valence-corrected chi connectivity index (χ3v) is 5.06. The molecule has 0 spiro atoms. The summed E-state index contributed by atoms with van der Waals surface area (Å²) in [5.74, 6) is 0. The van der Waals surface area contributed by atoms with Crippen LogP contribution in [0.1, 0.15) is 13.8 Å². The second-order valence-corrected chi connectivity index (χ2v) is 6.64. The van der Waals surface area contributed by atoms with Gasteiger partial charge in [0, 0.05) is 26.2 Å². The van der Waals surface area contributed by atoms with Crippen LogP contribution in [-0.4, -0.2) is 55.4 Å². The number of rotatable bonds is 2. The summed E-state index contributed by atoms with van der Waals surface area (Å²) in [6.07, 6.45) is 0. The fourth-order valence-corrected chi connectivity index (χ4v) is 3.13. The molecule has 0 aromatic carbocycles. The molecule has 0 bridgehead atoms. The number of aliphatic hydroxyl groups is 1. The Bertz CT molecular complexity index is 287. The molecule has 0 aromatic heterocycles. The van der Waals surface area contributed by atoms with Gasteiger partial charge in [0.25, 0.3) is 0 Å². The summed E-state index contributed by atoms with van der Waals surface area (Å²) >= 11 is 0. The summed E-state index contributed by atoms with van der Waals surface area (Å²) in [5.41, 5.74) is 0. The molecule has 0 saturated carbocycles. The van der Waals surface area contributed by atoms with Crippen LogP contribution in [0.25, 0.3) is 0 Å². The maximum Gasteiger partial charge on any atom is 0.220 e. The zero-order valence-electron chi connectivity index (χ0n) is 8.65. The minimum atomic E-state index is -3.29. The van der Waals surface area contributed by atoms with E-state index >= 15 is 0 Å². The highest BCUT2D eigenvalue weighted by atomic mass is 32.2. The van der Waals surface area contributed by atoms with Crippen LogP contribution in [0.4, 0.5) is 0 Å². The van der Waals surface area contributed by atoms with E-state index in [1.165, 1.54) is 4.31 Å². The molecule has 1 rings (SSSR count). The molecule has 0 atom stereocenters. The molecule has 84 valence electrons. The van der Waals surface area contributed by atoms with Crippen LogP contribution in [0.15, 0.2) is 0 Å². The Balaban J connectivity index is 2.95. The fraction of sp³-hybridized carbons (Fsp3) is 1.00. The van der Waals surface area contributed by atoms with Gasteiger partial charge in [-0.15, -0.1) is 0 Å². The molecule has 0 unspecified atom stereocenters. The molecule has 1 saturated heterocycles. The van der Waals surface area contributed by atoms with Gasteiger partial charge in [-0.1, -0.05) is 0 Å². The van der Waals surface area contributed by atoms with E-state index in [2.05, 4.69) is 5.32 Å². The lowest BCUT2D eigenvalue weighted by molar-refractivity contribution is 0.254. The molecule has 1 aliphatic heterocycles. The topological polar surface area (TPSA) is 69.6 Å². The Labute approximate surface area is 85.2 Å². The molecule has 0 aliphatic carbocycles. The predicted molar refractivity (Wildman–Crippen MR) is 54.5 cm³/mol. The van der Waals surface area contributed by atoms with Gasteiger partial charge < -0.3 is 10.4 Å². The summed E-state index contributed by atoms with van der Waals surface area (Å²) in [7, 11) is -3.29. The molecule has 1 fully saturated rings. The molecule has 1 heterocycles. The van der Waals surface area contributed by atoms with E-state index in [4.69, 9.17) is 5.11 Å². The zero-order chi connectivity index (χ0) is 10.8. The smallest absolute Gasteiger partial charge is 0.220 e. The lowest BCUT2D eigenvalue weighted by Crippen LogP contribution is -2.47. The van der Waals surface area contributed by atoms with Crippen molar-refractivity contribution >= 4 is 10.0 Å². The highest BCUT2D eigenvalue weighted by molar-refractivity contribution is 7.90. The SMILES string of the molecule is CC1(C)CNCCN(CCO)S1(=O)=O. The van der Waals surface area contributed by atoms with Gasteiger partial charge in [0.15, 0.2) is 0 Å². The lowest BCUT2D eigenvalue weighted by Gasteiger charge is -2.28. The average Bonchev–Trinajstić information content (AvgIpc) is 2.17. The van der Waals surface area contributed by atoms with Gasteiger partial charge in [-0.2, -0.15) is 4.31 Å². The maximum absolute atomic E-state index is 12.0. The first-order valence-electron chi connectivity index (χ1n) is 4.73. The number of nitrogens with zero attached hydrogens (tertiary/aromatic N) is 1. The molecule has 6 heteroatoms. The summed E-state index contributed by atoms with van der Waals surface area (Å²) < 4.78 is 24.6. The van der Waals surface area contributed by atoms with Crippen LogP contribution in [0, 0.1) is 0 Å². The number of sulfonamides is 1. The number of β-amino-alcohol motifs (C(OH)–C–C–N with tert-alkyl or cyclic N) is 1. The lowest BCUT2D eigenvalue weighted by atomic mass is 10.2. The molecule has 0 aromatic rings. The van der Waals surface area contributed by atoms with Crippen LogP contribution < -0.4 is 5.32 Å². The van der Waals surface area contributed by atoms with Gasteiger partial charge in [-0.05, 0) is 13.8 Å². The molecule has 1 aliphatic rings. The van der Waals surface area contributed by atoms with Crippen molar-refractivity contribution in [2.24, 2.45) is 0 Å². The van der Waals surface area contributed by atoms with Gasteiger partial charge in [0.1, 0.15) is 0 Å². The number of hydrogen-bond donors (Lipinski definition) is 2. The molecular formula is C8H18N2O3S. The van der Waals surface area contributed by atoms with E-state index in [1.54, 1.807) is 13.8 Å². The van der Waals surface area contributed by atoms with E-state index < -0.39 is 14.8 Å². The zero-order valence-corrected chi connectivity index (χ0v) is 9.47.